The second kappa shape index (κ2) is 6.85. The van der Waals surface area contributed by atoms with Crippen LogP contribution in [0.15, 0.2) is 59.4 Å². The van der Waals surface area contributed by atoms with Crippen LogP contribution in [-0.4, -0.2) is 15.8 Å². The van der Waals surface area contributed by atoms with Gasteiger partial charge in [0.05, 0.1) is 11.3 Å². The third kappa shape index (κ3) is 2.90. The molecule has 144 valence electrons. The summed E-state index contributed by atoms with van der Waals surface area (Å²) in [5.74, 6) is -0.606. The lowest BCUT2D eigenvalue weighted by Crippen LogP contribution is -2.07. The number of benzene rings is 2. The van der Waals surface area contributed by atoms with Crippen molar-refractivity contribution in [1.29, 1.82) is 0 Å². The molecule has 2 aromatic heterocycles. The van der Waals surface area contributed by atoms with E-state index in [4.69, 9.17) is 0 Å². The molecule has 4 aromatic rings. The number of carbonyl (C=O) groups excluding carboxylic acids is 1. The number of para-hydroxylation sites is 1. The standard InChI is InChI=1S/C24H19FN2O2/c25-16-12-10-15(11-13-16)23(28)20-19-17-8-4-5-9-18(17)26-24(29)22(19)27-21(20)14-6-2-1-3-7-14/h4-6,8-13,27H,1-3,7H2,(H,26,29). The molecular formula is C24H19FN2O2. The first-order chi connectivity index (χ1) is 14.1. The molecule has 0 fully saturated rings. The Hall–Kier alpha value is -3.47. The van der Waals surface area contributed by atoms with Crippen molar-refractivity contribution in [1.82, 2.24) is 9.97 Å². The Morgan fingerprint density at radius 2 is 1.76 bits per heavy atom. The summed E-state index contributed by atoms with van der Waals surface area (Å²) in [6.45, 7) is 0. The monoisotopic (exact) mass is 386 g/mol. The van der Waals surface area contributed by atoms with Crippen LogP contribution in [0, 0.1) is 5.82 Å². The molecule has 5 heteroatoms. The van der Waals surface area contributed by atoms with Crippen molar-refractivity contribution in [2.45, 2.75) is 25.7 Å². The number of hydrogen-bond donors (Lipinski definition) is 2. The first kappa shape index (κ1) is 17.6. The average molecular weight is 386 g/mol. The first-order valence-corrected chi connectivity index (χ1v) is 9.80. The maximum atomic E-state index is 13.6. The van der Waals surface area contributed by atoms with Gasteiger partial charge in [-0.25, -0.2) is 4.39 Å². The number of fused-ring (bicyclic) bond motifs is 3. The molecule has 0 saturated heterocycles. The van der Waals surface area contributed by atoms with Gasteiger partial charge in [0.1, 0.15) is 11.3 Å². The number of rotatable bonds is 3. The van der Waals surface area contributed by atoms with Crippen LogP contribution in [0.25, 0.3) is 27.4 Å². The van der Waals surface area contributed by atoms with Crippen molar-refractivity contribution in [2.24, 2.45) is 0 Å². The van der Waals surface area contributed by atoms with Gasteiger partial charge in [-0.15, -0.1) is 0 Å². The maximum Gasteiger partial charge on any atom is 0.272 e. The molecule has 0 radical (unpaired) electrons. The van der Waals surface area contributed by atoms with Crippen molar-refractivity contribution >= 4 is 33.2 Å². The lowest BCUT2D eigenvalue weighted by molar-refractivity contribution is 0.104. The molecule has 0 unspecified atom stereocenters. The third-order valence-electron chi connectivity index (χ3n) is 5.62. The minimum absolute atomic E-state index is 0.214. The van der Waals surface area contributed by atoms with E-state index in [9.17, 15) is 14.0 Å². The lowest BCUT2D eigenvalue weighted by atomic mass is 9.91. The Labute approximate surface area is 166 Å². The van der Waals surface area contributed by atoms with Crippen molar-refractivity contribution < 1.29 is 9.18 Å². The lowest BCUT2D eigenvalue weighted by Gasteiger charge is -2.13. The molecule has 0 saturated carbocycles. The van der Waals surface area contributed by atoms with Gasteiger partial charge >= 0.3 is 0 Å². The van der Waals surface area contributed by atoms with Crippen LogP contribution >= 0.6 is 0 Å². The summed E-state index contributed by atoms with van der Waals surface area (Å²) in [6.07, 6.45) is 6.11. The molecule has 1 aliphatic rings. The maximum absolute atomic E-state index is 13.6. The molecule has 1 aliphatic carbocycles. The molecule has 5 rings (SSSR count). The number of H-pyrrole nitrogens is 2. The van der Waals surface area contributed by atoms with Crippen LogP contribution in [-0.2, 0) is 0 Å². The highest BCUT2D eigenvalue weighted by Crippen LogP contribution is 2.36. The summed E-state index contributed by atoms with van der Waals surface area (Å²) < 4.78 is 13.4. The van der Waals surface area contributed by atoms with Crippen LogP contribution < -0.4 is 5.56 Å². The molecule has 2 heterocycles. The molecule has 0 aliphatic heterocycles. The minimum atomic E-state index is -0.391. The number of aromatic amines is 2. The Balaban J connectivity index is 1.87. The van der Waals surface area contributed by atoms with Crippen LogP contribution in [0.1, 0.15) is 47.3 Å². The number of allylic oxidation sites excluding steroid dienone is 2. The normalized spacial score (nSPS) is 14.3. The molecule has 0 spiro atoms. The highest BCUT2D eigenvalue weighted by Gasteiger charge is 2.25. The van der Waals surface area contributed by atoms with Gasteiger partial charge < -0.3 is 9.97 Å². The van der Waals surface area contributed by atoms with Gasteiger partial charge in [-0.1, -0.05) is 24.3 Å². The number of nitrogens with one attached hydrogen (secondary N) is 2. The zero-order valence-corrected chi connectivity index (χ0v) is 15.7. The van der Waals surface area contributed by atoms with Crippen LogP contribution in [0.3, 0.4) is 0 Å². The van der Waals surface area contributed by atoms with E-state index in [0.717, 1.165) is 36.6 Å². The van der Waals surface area contributed by atoms with E-state index in [1.165, 1.54) is 24.3 Å². The van der Waals surface area contributed by atoms with Crippen LogP contribution in [0.2, 0.25) is 0 Å². The summed E-state index contributed by atoms with van der Waals surface area (Å²) >= 11 is 0. The van der Waals surface area contributed by atoms with E-state index in [2.05, 4.69) is 16.0 Å². The highest BCUT2D eigenvalue weighted by molar-refractivity contribution is 6.24. The summed E-state index contributed by atoms with van der Waals surface area (Å²) in [5.41, 5.74) is 3.47. The fourth-order valence-corrected chi connectivity index (χ4v) is 4.21. The molecule has 0 atom stereocenters. The molecular weight excluding hydrogens is 367 g/mol. The highest BCUT2D eigenvalue weighted by atomic mass is 19.1. The van der Waals surface area contributed by atoms with E-state index in [0.29, 0.717) is 33.2 Å². The third-order valence-corrected chi connectivity index (χ3v) is 5.62. The predicted molar refractivity (Wildman–Crippen MR) is 113 cm³/mol. The topological polar surface area (TPSA) is 65.7 Å². The van der Waals surface area contributed by atoms with E-state index < -0.39 is 5.82 Å². The molecule has 0 amide bonds. The Bertz CT molecular complexity index is 1340. The second-order valence-corrected chi connectivity index (χ2v) is 7.44. The van der Waals surface area contributed by atoms with Crippen molar-refractivity contribution in [2.75, 3.05) is 0 Å². The second-order valence-electron chi connectivity index (χ2n) is 7.44. The molecule has 4 nitrogen and oxygen atoms in total. The fourth-order valence-electron chi connectivity index (χ4n) is 4.21. The number of halogens is 1. The number of carbonyl (C=O) groups is 1. The van der Waals surface area contributed by atoms with Gasteiger partial charge in [0.15, 0.2) is 5.78 Å². The van der Waals surface area contributed by atoms with E-state index in [1.807, 2.05) is 24.3 Å². The Morgan fingerprint density at radius 1 is 0.966 bits per heavy atom. The number of aromatic nitrogens is 2. The van der Waals surface area contributed by atoms with Gasteiger partial charge in [-0.05, 0) is 61.6 Å². The van der Waals surface area contributed by atoms with Gasteiger partial charge in [-0.2, -0.15) is 0 Å². The molecule has 2 aromatic carbocycles. The largest absolute Gasteiger partial charge is 0.350 e. The fraction of sp³-hybridized carbons (Fsp3) is 0.167. The summed E-state index contributed by atoms with van der Waals surface area (Å²) in [7, 11) is 0. The summed E-state index contributed by atoms with van der Waals surface area (Å²) in [5, 5.41) is 1.44. The van der Waals surface area contributed by atoms with Crippen LogP contribution in [0.5, 0.6) is 0 Å². The number of ketones is 1. The zero-order valence-electron chi connectivity index (χ0n) is 15.7. The summed E-state index contributed by atoms with van der Waals surface area (Å²) in [6, 6.07) is 13.0. The summed E-state index contributed by atoms with van der Waals surface area (Å²) in [4.78, 5) is 32.5. The van der Waals surface area contributed by atoms with E-state index in [1.54, 1.807) is 0 Å². The van der Waals surface area contributed by atoms with Gasteiger partial charge in [0, 0.05) is 21.9 Å². The smallest absolute Gasteiger partial charge is 0.272 e. The van der Waals surface area contributed by atoms with Crippen molar-refractivity contribution in [3.63, 3.8) is 0 Å². The first-order valence-electron chi connectivity index (χ1n) is 9.80. The van der Waals surface area contributed by atoms with Gasteiger partial charge in [0.2, 0.25) is 0 Å². The molecule has 0 bridgehead atoms. The minimum Gasteiger partial charge on any atom is -0.350 e. The SMILES string of the molecule is O=C(c1ccc(F)cc1)c1c(C2=CCCCC2)[nH]c2c(=O)[nH]c3ccccc3c12. The Morgan fingerprint density at radius 3 is 2.52 bits per heavy atom. The number of pyridine rings is 1. The zero-order chi connectivity index (χ0) is 20.0. The molecule has 2 N–H and O–H groups in total. The Kier molecular flexibility index (Phi) is 4.16. The number of hydrogen-bond acceptors (Lipinski definition) is 2. The van der Waals surface area contributed by atoms with Gasteiger partial charge in [0.25, 0.3) is 5.56 Å². The van der Waals surface area contributed by atoms with Crippen molar-refractivity contribution in [3.8, 4) is 0 Å². The van der Waals surface area contributed by atoms with Gasteiger partial charge in [-0.3, -0.25) is 9.59 Å². The van der Waals surface area contributed by atoms with E-state index >= 15 is 0 Å². The van der Waals surface area contributed by atoms with E-state index in [-0.39, 0.29) is 11.3 Å². The predicted octanol–water partition coefficient (Wildman–Crippen LogP) is 5.34. The quantitative estimate of drug-likeness (QED) is 0.467. The van der Waals surface area contributed by atoms with Crippen LogP contribution in [0.4, 0.5) is 4.39 Å². The average Bonchev–Trinajstić information content (AvgIpc) is 3.16. The molecule has 29 heavy (non-hydrogen) atoms. The van der Waals surface area contributed by atoms with Crippen molar-refractivity contribution in [3.05, 3.63) is 87.6 Å².